The van der Waals surface area contributed by atoms with Crippen molar-refractivity contribution in [2.24, 2.45) is 0 Å². The van der Waals surface area contributed by atoms with E-state index in [1.165, 1.54) is 18.2 Å². The Morgan fingerprint density at radius 1 is 1.14 bits per heavy atom. The molecule has 1 saturated carbocycles. The van der Waals surface area contributed by atoms with E-state index in [1.54, 1.807) is 4.68 Å². The highest BCUT2D eigenvalue weighted by Crippen LogP contribution is 2.41. The number of rotatable bonds is 8. The van der Waals surface area contributed by atoms with Crippen LogP contribution in [0, 0.1) is 0 Å². The van der Waals surface area contributed by atoms with Crippen LogP contribution in [0.2, 0.25) is 5.02 Å². The average Bonchev–Trinajstić information content (AvgIpc) is 3.31. The summed E-state index contributed by atoms with van der Waals surface area (Å²) < 4.78 is 13.8. The standard InChI is InChI=1S/C28H31ClN4O3S/c1-3-35-23-16-10-8-14-21(23)25-24(26(34)36-20-12-5-4-6-13-20)18(2)30-27-31-28(32-33(25)27)37-17-19-11-7-9-15-22(19)29/h7-11,14-16,20,25H,3-6,12-13,17H2,1-2H3,(H,30,31,32). The number of hydrogen-bond acceptors (Lipinski definition) is 7. The number of nitrogens with zero attached hydrogens (tertiary/aromatic N) is 3. The minimum atomic E-state index is -0.530. The van der Waals surface area contributed by atoms with Crippen LogP contribution in [-0.4, -0.2) is 33.4 Å². The van der Waals surface area contributed by atoms with Crippen molar-refractivity contribution in [2.75, 3.05) is 11.9 Å². The molecule has 7 nitrogen and oxygen atoms in total. The van der Waals surface area contributed by atoms with Gasteiger partial charge in [0.15, 0.2) is 0 Å². The zero-order valence-corrected chi connectivity index (χ0v) is 22.6. The molecule has 1 aromatic heterocycles. The van der Waals surface area contributed by atoms with Gasteiger partial charge in [0.1, 0.15) is 17.9 Å². The molecule has 9 heteroatoms. The Hall–Kier alpha value is -2.97. The van der Waals surface area contributed by atoms with E-state index < -0.39 is 6.04 Å². The molecule has 0 amide bonds. The van der Waals surface area contributed by atoms with E-state index in [-0.39, 0.29) is 12.1 Å². The number of hydrogen-bond donors (Lipinski definition) is 1. The first-order valence-corrected chi connectivity index (χ1v) is 14.1. The Kier molecular flexibility index (Phi) is 8.05. The number of nitrogens with one attached hydrogen (secondary N) is 1. The molecule has 37 heavy (non-hydrogen) atoms. The van der Waals surface area contributed by atoms with Crippen LogP contribution in [0.25, 0.3) is 0 Å². The molecule has 1 unspecified atom stereocenters. The van der Waals surface area contributed by atoms with Crippen molar-refractivity contribution in [1.29, 1.82) is 0 Å². The lowest BCUT2D eigenvalue weighted by atomic mass is 9.94. The molecule has 0 spiro atoms. The lowest BCUT2D eigenvalue weighted by molar-refractivity contribution is -0.146. The quantitative estimate of drug-likeness (QED) is 0.250. The Labute approximate surface area is 226 Å². The van der Waals surface area contributed by atoms with Gasteiger partial charge in [0.05, 0.1) is 12.2 Å². The number of thioether (sulfide) groups is 1. The first-order valence-electron chi connectivity index (χ1n) is 12.8. The van der Waals surface area contributed by atoms with Crippen LogP contribution in [0.15, 0.2) is 65.0 Å². The summed E-state index contributed by atoms with van der Waals surface area (Å²) in [5, 5.41) is 9.44. The third-order valence-corrected chi connectivity index (χ3v) is 7.96. The highest BCUT2D eigenvalue weighted by Gasteiger charge is 2.37. The zero-order valence-electron chi connectivity index (χ0n) is 21.1. The Bertz CT molecular complexity index is 1300. The van der Waals surface area contributed by atoms with Crippen LogP contribution in [0.3, 0.4) is 0 Å². The van der Waals surface area contributed by atoms with Gasteiger partial charge in [-0.1, -0.05) is 66.2 Å². The Morgan fingerprint density at radius 3 is 2.68 bits per heavy atom. The van der Waals surface area contributed by atoms with E-state index in [4.69, 9.17) is 31.2 Å². The molecule has 0 saturated heterocycles. The maximum absolute atomic E-state index is 13.7. The monoisotopic (exact) mass is 538 g/mol. The maximum atomic E-state index is 13.7. The number of ether oxygens (including phenoxy) is 2. The Morgan fingerprint density at radius 2 is 1.89 bits per heavy atom. The molecule has 1 fully saturated rings. The number of benzene rings is 2. The number of allylic oxidation sites excluding steroid dienone is 1. The summed E-state index contributed by atoms with van der Waals surface area (Å²) in [6, 6.07) is 15.0. The first kappa shape index (κ1) is 25.7. The molecule has 1 aliphatic carbocycles. The van der Waals surface area contributed by atoms with Crippen LogP contribution in [0.1, 0.15) is 63.1 Å². The highest BCUT2D eigenvalue weighted by atomic mass is 35.5. The van der Waals surface area contributed by atoms with Crippen molar-refractivity contribution in [3.63, 3.8) is 0 Å². The summed E-state index contributed by atoms with van der Waals surface area (Å²) in [7, 11) is 0. The predicted octanol–water partition coefficient (Wildman–Crippen LogP) is 6.79. The van der Waals surface area contributed by atoms with Crippen LogP contribution < -0.4 is 10.1 Å². The van der Waals surface area contributed by atoms with Gasteiger partial charge in [-0.15, -0.1) is 5.10 Å². The summed E-state index contributed by atoms with van der Waals surface area (Å²) in [4.78, 5) is 18.4. The fourth-order valence-corrected chi connectivity index (χ4v) is 6.01. The number of esters is 1. The number of anilines is 1. The second kappa shape index (κ2) is 11.6. The van der Waals surface area contributed by atoms with Crippen LogP contribution in [0.4, 0.5) is 5.95 Å². The predicted molar refractivity (Wildman–Crippen MR) is 146 cm³/mol. The van der Waals surface area contributed by atoms with E-state index in [2.05, 4.69) is 5.32 Å². The molecule has 3 aromatic rings. The van der Waals surface area contributed by atoms with Gasteiger partial charge < -0.3 is 14.8 Å². The zero-order chi connectivity index (χ0) is 25.8. The van der Waals surface area contributed by atoms with Crippen LogP contribution >= 0.6 is 23.4 Å². The van der Waals surface area contributed by atoms with Crippen molar-refractivity contribution >= 4 is 35.3 Å². The van der Waals surface area contributed by atoms with E-state index in [9.17, 15) is 4.79 Å². The van der Waals surface area contributed by atoms with E-state index in [0.29, 0.717) is 45.5 Å². The lowest BCUT2D eigenvalue weighted by Crippen LogP contribution is -2.32. The molecule has 1 atom stereocenters. The lowest BCUT2D eigenvalue weighted by Gasteiger charge is -2.30. The number of fused-ring (bicyclic) bond motifs is 1. The number of para-hydroxylation sites is 1. The van der Waals surface area contributed by atoms with Crippen LogP contribution in [0.5, 0.6) is 5.75 Å². The number of carbonyl (C=O) groups is 1. The van der Waals surface area contributed by atoms with Crippen molar-refractivity contribution in [3.8, 4) is 5.75 Å². The number of carbonyl (C=O) groups excluding carboxylic acids is 1. The van der Waals surface area contributed by atoms with Gasteiger partial charge in [-0.2, -0.15) is 4.98 Å². The van der Waals surface area contributed by atoms with Gasteiger partial charge in [0.25, 0.3) is 0 Å². The molecule has 194 valence electrons. The fraction of sp³-hybridized carbons (Fsp3) is 0.393. The normalized spacial score (nSPS) is 17.8. The molecule has 1 aliphatic heterocycles. The number of halogens is 1. The number of aromatic nitrogens is 3. The second-order valence-electron chi connectivity index (χ2n) is 9.25. The summed E-state index contributed by atoms with van der Waals surface area (Å²) in [5.74, 6) is 1.59. The minimum Gasteiger partial charge on any atom is -0.494 e. The third kappa shape index (κ3) is 5.65. The third-order valence-electron chi connectivity index (χ3n) is 6.71. The van der Waals surface area contributed by atoms with E-state index in [0.717, 1.165) is 36.8 Å². The maximum Gasteiger partial charge on any atom is 0.338 e. The molecule has 5 rings (SSSR count). The summed E-state index contributed by atoms with van der Waals surface area (Å²) in [6.07, 6.45) is 5.13. The molecule has 0 bridgehead atoms. The molecule has 0 radical (unpaired) electrons. The largest absolute Gasteiger partial charge is 0.494 e. The molecule has 2 aromatic carbocycles. The van der Waals surface area contributed by atoms with Gasteiger partial charge in [0, 0.05) is 22.0 Å². The van der Waals surface area contributed by atoms with Crippen molar-refractivity contribution < 1.29 is 14.3 Å². The molecule has 2 heterocycles. The van der Waals surface area contributed by atoms with Crippen molar-refractivity contribution in [2.45, 2.75) is 69.0 Å². The Balaban J connectivity index is 1.50. The highest BCUT2D eigenvalue weighted by molar-refractivity contribution is 7.98. The minimum absolute atomic E-state index is 0.0526. The molecule has 2 aliphatic rings. The summed E-state index contributed by atoms with van der Waals surface area (Å²) in [6.45, 7) is 4.35. The fourth-order valence-electron chi connectivity index (χ4n) is 4.89. The smallest absolute Gasteiger partial charge is 0.338 e. The summed E-state index contributed by atoms with van der Waals surface area (Å²) in [5.41, 5.74) is 3.09. The van der Waals surface area contributed by atoms with E-state index in [1.807, 2.05) is 62.4 Å². The van der Waals surface area contributed by atoms with Gasteiger partial charge in [-0.05, 0) is 57.2 Å². The molecular formula is C28H31ClN4O3S. The van der Waals surface area contributed by atoms with Gasteiger partial charge >= 0.3 is 5.97 Å². The molecular weight excluding hydrogens is 508 g/mol. The van der Waals surface area contributed by atoms with Crippen LogP contribution in [-0.2, 0) is 15.3 Å². The SMILES string of the molecule is CCOc1ccccc1C1C(C(=O)OC2CCCCC2)=C(C)Nc2nc(SCc3ccccc3Cl)nn21. The van der Waals surface area contributed by atoms with Gasteiger partial charge in [-0.3, -0.25) is 0 Å². The average molecular weight is 539 g/mol. The first-order chi connectivity index (χ1) is 18.0. The molecule has 1 N–H and O–H groups in total. The van der Waals surface area contributed by atoms with Gasteiger partial charge in [0.2, 0.25) is 11.1 Å². The van der Waals surface area contributed by atoms with Crippen molar-refractivity contribution in [3.05, 3.63) is 76.0 Å². The summed E-state index contributed by atoms with van der Waals surface area (Å²) >= 11 is 7.85. The second-order valence-corrected chi connectivity index (χ2v) is 10.6. The van der Waals surface area contributed by atoms with Crippen molar-refractivity contribution in [1.82, 2.24) is 14.8 Å². The van der Waals surface area contributed by atoms with E-state index >= 15 is 0 Å². The van der Waals surface area contributed by atoms with Gasteiger partial charge in [-0.25, -0.2) is 9.48 Å². The topological polar surface area (TPSA) is 78.3 Å².